The first kappa shape index (κ1) is 7.79. The summed E-state index contributed by atoms with van der Waals surface area (Å²) in [4.78, 5) is 0. The summed E-state index contributed by atoms with van der Waals surface area (Å²) in [6, 6.07) is 9.83. The van der Waals surface area contributed by atoms with Gasteiger partial charge < -0.3 is 5.11 Å². The maximum Gasteiger partial charge on any atom is 0.254 e. The van der Waals surface area contributed by atoms with Crippen molar-refractivity contribution in [3.05, 3.63) is 41.6 Å². The molecule has 0 aliphatic rings. The first-order chi connectivity index (χ1) is 6.36. The molecule has 0 saturated carbocycles. The second-order valence-electron chi connectivity index (χ2n) is 2.78. The Hall–Kier alpha value is -1.84. The molecule has 0 spiro atoms. The van der Waals surface area contributed by atoms with Gasteiger partial charge in [-0.3, -0.25) is 5.10 Å². The van der Waals surface area contributed by atoms with Crippen LogP contribution in [-0.4, -0.2) is 20.5 Å². The molecule has 0 radical (unpaired) electrons. The average molecular weight is 175 g/mol. The molecule has 0 aliphatic carbocycles. The highest BCUT2D eigenvalue weighted by atomic mass is 16.3. The predicted octanol–water partition coefficient (Wildman–Crippen LogP) is 1.10. The highest BCUT2D eigenvalue weighted by Gasteiger charge is 2.04. The third kappa shape index (κ3) is 1.66. The number of hydrogen-bond acceptors (Lipinski definition) is 3. The number of aromatic nitrogens is 3. The van der Waals surface area contributed by atoms with Crippen LogP contribution in [-0.2, 0) is 6.42 Å². The maximum absolute atomic E-state index is 9.21. The molecule has 13 heavy (non-hydrogen) atoms. The van der Waals surface area contributed by atoms with Crippen molar-refractivity contribution in [2.24, 2.45) is 0 Å². The van der Waals surface area contributed by atoms with E-state index in [2.05, 4.69) is 15.4 Å². The Morgan fingerprint density at radius 2 is 2.00 bits per heavy atom. The molecule has 2 aromatic rings. The van der Waals surface area contributed by atoms with Crippen molar-refractivity contribution in [3.8, 4) is 5.88 Å². The van der Waals surface area contributed by atoms with E-state index in [-0.39, 0.29) is 5.88 Å². The SMILES string of the molecule is Oc1nn[nH]c1Cc1ccccc1. The number of nitrogens with one attached hydrogen (secondary N) is 1. The molecule has 1 aromatic heterocycles. The summed E-state index contributed by atoms with van der Waals surface area (Å²) in [6.07, 6.45) is 0.625. The van der Waals surface area contributed by atoms with E-state index >= 15 is 0 Å². The summed E-state index contributed by atoms with van der Waals surface area (Å²) in [6.45, 7) is 0. The molecule has 0 saturated heterocycles. The van der Waals surface area contributed by atoms with Crippen LogP contribution in [0.15, 0.2) is 30.3 Å². The van der Waals surface area contributed by atoms with Crippen LogP contribution in [0.25, 0.3) is 0 Å². The van der Waals surface area contributed by atoms with Crippen molar-refractivity contribution < 1.29 is 5.11 Å². The lowest BCUT2D eigenvalue weighted by Gasteiger charge is -1.96. The van der Waals surface area contributed by atoms with Crippen LogP contribution >= 0.6 is 0 Å². The fourth-order valence-corrected chi connectivity index (χ4v) is 1.16. The van der Waals surface area contributed by atoms with Crippen molar-refractivity contribution >= 4 is 0 Å². The van der Waals surface area contributed by atoms with E-state index in [9.17, 15) is 5.11 Å². The summed E-state index contributed by atoms with van der Waals surface area (Å²) in [5, 5.41) is 18.8. The first-order valence-corrected chi connectivity index (χ1v) is 3.99. The number of benzene rings is 1. The second-order valence-corrected chi connectivity index (χ2v) is 2.78. The average Bonchev–Trinajstić information content (AvgIpc) is 2.54. The third-order valence-corrected chi connectivity index (χ3v) is 1.82. The molecule has 0 bridgehead atoms. The molecule has 1 aromatic carbocycles. The van der Waals surface area contributed by atoms with Crippen molar-refractivity contribution in [3.63, 3.8) is 0 Å². The van der Waals surface area contributed by atoms with E-state index in [1.165, 1.54) is 0 Å². The van der Waals surface area contributed by atoms with Crippen molar-refractivity contribution in [1.82, 2.24) is 15.4 Å². The second kappa shape index (κ2) is 3.26. The fraction of sp³-hybridized carbons (Fsp3) is 0.111. The maximum atomic E-state index is 9.21. The lowest BCUT2D eigenvalue weighted by atomic mass is 10.1. The Bertz CT molecular complexity index is 383. The van der Waals surface area contributed by atoms with Crippen LogP contribution in [0.5, 0.6) is 5.88 Å². The van der Waals surface area contributed by atoms with Gasteiger partial charge in [0.2, 0.25) is 0 Å². The Labute approximate surface area is 75.2 Å². The van der Waals surface area contributed by atoms with E-state index in [1.54, 1.807) is 0 Å². The lowest BCUT2D eigenvalue weighted by molar-refractivity contribution is 0.447. The lowest BCUT2D eigenvalue weighted by Crippen LogP contribution is -1.88. The summed E-state index contributed by atoms with van der Waals surface area (Å²) < 4.78 is 0. The van der Waals surface area contributed by atoms with Gasteiger partial charge in [-0.1, -0.05) is 40.6 Å². The van der Waals surface area contributed by atoms with Crippen LogP contribution in [0.4, 0.5) is 0 Å². The summed E-state index contributed by atoms with van der Waals surface area (Å²) >= 11 is 0. The van der Waals surface area contributed by atoms with Gasteiger partial charge in [-0.25, -0.2) is 0 Å². The van der Waals surface area contributed by atoms with Crippen LogP contribution in [0.3, 0.4) is 0 Å². The number of aromatic hydroxyl groups is 1. The molecular weight excluding hydrogens is 166 g/mol. The van der Waals surface area contributed by atoms with E-state index in [4.69, 9.17) is 0 Å². The minimum absolute atomic E-state index is 0.0242. The van der Waals surface area contributed by atoms with E-state index in [0.717, 1.165) is 5.56 Å². The third-order valence-electron chi connectivity index (χ3n) is 1.82. The highest BCUT2D eigenvalue weighted by Crippen LogP contribution is 2.13. The Morgan fingerprint density at radius 3 is 2.62 bits per heavy atom. The van der Waals surface area contributed by atoms with Crippen LogP contribution in [0, 0.1) is 0 Å². The van der Waals surface area contributed by atoms with Crippen LogP contribution < -0.4 is 0 Å². The molecule has 1 heterocycles. The normalized spacial score (nSPS) is 10.2. The number of hydrogen-bond donors (Lipinski definition) is 2. The van der Waals surface area contributed by atoms with Crippen molar-refractivity contribution in [1.29, 1.82) is 0 Å². The number of nitrogens with zero attached hydrogens (tertiary/aromatic N) is 2. The standard InChI is InChI=1S/C9H9N3O/c13-9-8(10-12-11-9)6-7-4-2-1-3-5-7/h1-5H,6H2,(H2,10,11,12,13). The molecule has 0 unspecified atom stereocenters. The van der Waals surface area contributed by atoms with Gasteiger partial charge in [0.1, 0.15) is 5.69 Å². The molecule has 66 valence electrons. The van der Waals surface area contributed by atoms with Crippen LogP contribution in [0.2, 0.25) is 0 Å². The Kier molecular flexibility index (Phi) is 1.96. The molecular formula is C9H9N3O. The predicted molar refractivity (Wildman–Crippen MR) is 47.3 cm³/mol. The van der Waals surface area contributed by atoms with E-state index in [1.807, 2.05) is 30.3 Å². The monoisotopic (exact) mass is 175 g/mol. The van der Waals surface area contributed by atoms with Gasteiger partial charge in [-0.2, -0.15) is 0 Å². The van der Waals surface area contributed by atoms with Gasteiger partial charge in [0.05, 0.1) is 0 Å². The van der Waals surface area contributed by atoms with E-state index < -0.39 is 0 Å². The minimum Gasteiger partial charge on any atom is -0.491 e. The topological polar surface area (TPSA) is 61.8 Å². The fourth-order valence-electron chi connectivity index (χ4n) is 1.16. The Morgan fingerprint density at radius 1 is 1.23 bits per heavy atom. The molecule has 0 amide bonds. The van der Waals surface area contributed by atoms with E-state index in [0.29, 0.717) is 12.1 Å². The molecule has 0 aliphatic heterocycles. The van der Waals surface area contributed by atoms with Gasteiger partial charge in [-0.15, -0.1) is 0 Å². The highest BCUT2D eigenvalue weighted by molar-refractivity contribution is 5.25. The molecule has 0 atom stereocenters. The van der Waals surface area contributed by atoms with Gasteiger partial charge in [0.15, 0.2) is 0 Å². The van der Waals surface area contributed by atoms with Gasteiger partial charge in [0, 0.05) is 6.42 Å². The molecule has 2 rings (SSSR count). The number of H-pyrrole nitrogens is 1. The first-order valence-electron chi connectivity index (χ1n) is 3.99. The zero-order valence-electron chi connectivity index (χ0n) is 6.94. The van der Waals surface area contributed by atoms with Crippen molar-refractivity contribution in [2.45, 2.75) is 6.42 Å². The zero-order chi connectivity index (χ0) is 9.10. The minimum atomic E-state index is -0.0242. The van der Waals surface area contributed by atoms with Gasteiger partial charge in [0.25, 0.3) is 5.88 Å². The largest absolute Gasteiger partial charge is 0.491 e. The van der Waals surface area contributed by atoms with Gasteiger partial charge >= 0.3 is 0 Å². The van der Waals surface area contributed by atoms with Crippen LogP contribution in [0.1, 0.15) is 11.3 Å². The molecule has 0 fully saturated rings. The zero-order valence-corrected chi connectivity index (χ0v) is 6.94. The molecule has 4 heteroatoms. The summed E-state index contributed by atoms with van der Waals surface area (Å²) in [5.74, 6) is -0.0242. The number of aromatic amines is 1. The quantitative estimate of drug-likeness (QED) is 0.718. The van der Waals surface area contributed by atoms with Gasteiger partial charge in [-0.05, 0) is 5.56 Å². The molecule has 4 nitrogen and oxygen atoms in total. The summed E-state index contributed by atoms with van der Waals surface area (Å²) in [7, 11) is 0. The Balaban J connectivity index is 2.20. The van der Waals surface area contributed by atoms with Crippen molar-refractivity contribution in [2.75, 3.05) is 0 Å². The smallest absolute Gasteiger partial charge is 0.254 e. The number of rotatable bonds is 2. The molecule has 2 N–H and O–H groups in total. The summed E-state index contributed by atoms with van der Waals surface area (Å²) in [5.41, 5.74) is 1.76.